The van der Waals surface area contributed by atoms with Crippen molar-refractivity contribution in [3.63, 3.8) is 0 Å². The second-order valence-corrected chi connectivity index (χ2v) is 0. The minimum Gasteiger partial charge on any atom is -0.344 e. The summed E-state index contributed by atoms with van der Waals surface area (Å²) in [5, 5.41) is 0. The first kappa shape index (κ1) is 66.7. The van der Waals surface area contributed by atoms with E-state index in [0.717, 1.165) is 0 Å². The summed E-state index contributed by atoms with van der Waals surface area (Å²) in [5.74, 6) is 0. The monoisotopic (exact) mass is 151 g/mol. The molecule has 22 valence electrons. The van der Waals surface area contributed by atoms with Gasteiger partial charge in [-0.25, -0.2) is 0 Å². The third-order valence-electron chi connectivity index (χ3n) is 0. The molecule has 0 aliphatic heterocycles. The Morgan fingerprint density at radius 2 is 1.00 bits per heavy atom. The van der Waals surface area contributed by atoms with Gasteiger partial charge in [0.15, 0.2) is 0 Å². The standard InChI is InChI=1S/B.Co.H3N.Zn/h;;1H3;. The Labute approximate surface area is 51.0 Å². The fraction of sp³-hybridized carbons (Fsp3) is 0. The van der Waals surface area contributed by atoms with Crippen molar-refractivity contribution in [2.24, 2.45) is 0 Å². The summed E-state index contributed by atoms with van der Waals surface area (Å²) in [5.41, 5.74) is 0. The van der Waals surface area contributed by atoms with Crippen molar-refractivity contribution in [2.75, 3.05) is 0 Å². The maximum Gasteiger partial charge on any atom is 0 e. The van der Waals surface area contributed by atoms with Gasteiger partial charge in [0.05, 0.1) is 0 Å². The molecule has 0 aliphatic rings. The van der Waals surface area contributed by atoms with E-state index in [9.17, 15) is 0 Å². The van der Waals surface area contributed by atoms with E-state index >= 15 is 0 Å². The van der Waals surface area contributed by atoms with Crippen LogP contribution >= 0.6 is 0 Å². The van der Waals surface area contributed by atoms with Gasteiger partial charge in [-0.2, -0.15) is 0 Å². The molecule has 0 aliphatic carbocycles. The normalized spacial score (nSPS) is 0. The van der Waals surface area contributed by atoms with E-state index in [1.54, 1.807) is 0 Å². The number of rotatable bonds is 0. The van der Waals surface area contributed by atoms with Gasteiger partial charge in [-0.05, 0) is 0 Å². The van der Waals surface area contributed by atoms with Crippen LogP contribution in [0.1, 0.15) is 0 Å². The molecule has 0 unspecified atom stereocenters. The van der Waals surface area contributed by atoms with E-state index in [2.05, 4.69) is 0 Å². The van der Waals surface area contributed by atoms with Gasteiger partial charge in [0.1, 0.15) is 0 Å². The topological polar surface area (TPSA) is 35.0 Å². The summed E-state index contributed by atoms with van der Waals surface area (Å²) >= 11 is 0. The number of hydrogen-bond acceptors (Lipinski definition) is 1. The first-order valence-electron chi connectivity index (χ1n) is 0. The second-order valence-electron chi connectivity index (χ2n) is 0. The summed E-state index contributed by atoms with van der Waals surface area (Å²) in [6.07, 6.45) is 0. The zero-order chi connectivity index (χ0) is 0. The Morgan fingerprint density at radius 3 is 1.00 bits per heavy atom. The molecule has 0 spiro atoms. The van der Waals surface area contributed by atoms with Crippen molar-refractivity contribution in [3.8, 4) is 0 Å². The zero-order valence-corrected chi connectivity index (χ0v) is 6.33. The predicted octanol–water partition coefficient (Wildman–Crippen LogP) is -0.224. The fourth-order valence-electron chi connectivity index (χ4n) is 0. The van der Waals surface area contributed by atoms with Gasteiger partial charge in [-0.1, -0.05) is 0 Å². The van der Waals surface area contributed by atoms with Crippen molar-refractivity contribution >= 4 is 8.41 Å². The van der Waals surface area contributed by atoms with Gasteiger partial charge in [-0.3, -0.25) is 0 Å². The van der Waals surface area contributed by atoms with Crippen molar-refractivity contribution < 1.29 is 36.3 Å². The Hall–Kier alpha value is 1.15. The molecule has 0 saturated heterocycles. The van der Waals surface area contributed by atoms with E-state index < -0.39 is 0 Å². The molecular weight excluding hydrogens is 149 g/mol. The summed E-state index contributed by atoms with van der Waals surface area (Å²) in [6.45, 7) is 0. The van der Waals surface area contributed by atoms with E-state index in [1.807, 2.05) is 0 Å². The molecule has 4 heavy (non-hydrogen) atoms. The van der Waals surface area contributed by atoms with Crippen molar-refractivity contribution in [3.05, 3.63) is 0 Å². The molecule has 4 radical (unpaired) electrons. The molecule has 0 saturated carbocycles. The molecule has 4 heteroatoms. The van der Waals surface area contributed by atoms with Gasteiger partial charge >= 0.3 is 0 Å². The van der Waals surface area contributed by atoms with Gasteiger partial charge < -0.3 is 6.15 Å². The van der Waals surface area contributed by atoms with Crippen molar-refractivity contribution in [1.82, 2.24) is 6.15 Å². The minimum absolute atomic E-state index is 0. The predicted molar refractivity (Wildman–Crippen MR) is 10.8 cm³/mol. The molecule has 0 rings (SSSR count). The molecule has 0 aromatic rings. The van der Waals surface area contributed by atoms with Crippen LogP contribution in [-0.4, -0.2) is 8.41 Å². The molecule has 0 fully saturated rings. The largest absolute Gasteiger partial charge is 0.344 e. The molecule has 0 atom stereocenters. The first-order valence-corrected chi connectivity index (χ1v) is 0. The summed E-state index contributed by atoms with van der Waals surface area (Å²) < 4.78 is 0. The van der Waals surface area contributed by atoms with Crippen molar-refractivity contribution in [2.45, 2.75) is 0 Å². The summed E-state index contributed by atoms with van der Waals surface area (Å²) in [4.78, 5) is 0. The molecular formula is H3BCoNZn. The van der Waals surface area contributed by atoms with E-state index in [0.29, 0.717) is 0 Å². The van der Waals surface area contributed by atoms with Crippen LogP contribution in [0.25, 0.3) is 0 Å². The molecule has 0 amide bonds. The SMILES string of the molecule is N.[B].[Co].[Zn]. The molecule has 3 N–H and O–H groups in total. The molecule has 0 bridgehead atoms. The van der Waals surface area contributed by atoms with Crippen LogP contribution in [0.4, 0.5) is 0 Å². The Morgan fingerprint density at radius 1 is 1.00 bits per heavy atom. The maximum atomic E-state index is 0. The van der Waals surface area contributed by atoms with E-state index in [1.165, 1.54) is 0 Å². The van der Waals surface area contributed by atoms with Gasteiger partial charge in [0, 0.05) is 44.7 Å². The Kier molecular flexibility index (Phi) is 517. The van der Waals surface area contributed by atoms with Crippen LogP contribution in [0.3, 0.4) is 0 Å². The molecule has 1 nitrogen and oxygen atoms in total. The van der Waals surface area contributed by atoms with E-state index in [-0.39, 0.29) is 50.8 Å². The van der Waals surface area contributed by atoms with Crippen LogP contribution in [0.2, 0.25) is 0 Å². The van der Waals surface area contributed by atoms with Gasteiger partial charge in [0.2, 0.25) is 0 Å². The maximum absolute atomic E-state index is 0. The van der Waals surface area contributed by atoms with E-state index in [4.69, 9.17) is 0 Å². The average molecular weight is 152 g/mol. The molecule has 0 aromatic heterocycles. The van der Waals surface area contributed by atoms with Crippen LogP contribution in [0, 0.1) is 0 Å². The van der Waals surface area contributed by atoms with Crippen LogP contribution in [0.15, 0.2) is 0 Å². The summed E-state index contributed by atoms with van der Waals surface area (Å²) in [7, 11) is 0. The quantitative estimate of drug-likeness (QED) is 0.478. The smallest absolute Gasteiger partial charge is 0 e. The first-order chi connectivity index (χ1) is 0. The van der Waals surface area contributed by atoms with Gasteiger partial charge in [-0.15, -0.1) is 0 Å². The van der Waals surface area contributed by atoms with Crippen LogP contribution < -0.4 is 6.15 Å². The Bertz CT molecular complexity index is 8.00. The third-order valence-corrected chi connectivity index (χ3v) is 0. The third kappa shape index (κ3) is 11.0. The van der Waals surface area contributed by atoms with Crippen LogP contribution in [-0.2, 0) is 36.3 Å². The zero-order valence-electron chi connectivity index (χ0n) is 2.32. The average Bonchev–Trinajstić information content (AvgIpc) is 0. The van der Waals surface area contributed by atoms with Crippen LogP contribution in [0.5, 0.6) is 0 Å². The van der Waals surface area contributed by atoms with Gasteiger partial charge in [0.25, 0.3) is 0 Å². The Balaban J connectivity index is 0. The fourth-order valence-corrected chi connectivity index (χ4v) is 0. The second kappa shape index (κ2) is 31.0. The molecule has 0 heterocycles. The molecule has 0 aromatic carbocycles. The summed E-state index contributed by atoms with van der Waals surface area (Å²) in [6, 6.07) is 0. The van der Waals surface area contributed by atoms with Crippen molar-refractivity contribution in [1.29, 1.82) is 0 Å². The number of hydrogen-bond donors (Lipinski definition) is 1. The minimum atomic E-state index is 0.